The Bertz CT molecular complexity index is 215. The van der Waals surface area contributed by atoms with Crippen molar-refractivity contribution in [2.75, 3.05) is 33.3 Å². The second-order valence-corrected chi connectivity index (χ2v) is 4.48. The molecule has 0 amide bonds. The molecule has 1 saturated heterocycles. The van der Waals surface area contributed by atoms with Crippen LogP contribution in [0.3, 0.4) is 0 Å². The van der Waals surface area contributed by atoms with Crippen LogP contribution in [-0.4, -0.2) is 50.2 Å². The number of carbonyl (C=O) groups is 1. The fourth-order valence-electron chi connectivity index (χ4n) is 2.28. The Morgan fingerprint density at radius 1 is 1.50 bits per heavy atom. The third-order valence-electron chi connectivity index (χ3n) is 3.45. The Balaban J connectivity index is 2.43. The summed E-state index contributed by atoms with van der Waals surface area (Å²) in [5, 5.41) is 3.36. The highest BCUT2D eigenvalue weighted by Crippen LogP contribution is 2.15. The first-order valence-electron chi connectivity index (χ1n) is 6.21. The maximum Gasteiger partial charge on any atom is 0.322 e. The lowest BCUT2D eigenvalue weighted by Gasteiger charge is -2.32. The third-order valence-corrected chi connectivity index (χ3v) is 3.45. The fourth-order valence-corrected chi connectivity index (χ4v) is 2.28. The van der Waals surface area contributed by atoms with E-state index in [-0.39, 0.29) is 12.0 Å². The molecule has 0 aromatic rings. The first-order valence-corrected chi connectivity index (χ1v) is 6.21. The summed E-state index contributed by atoms with van der Waals surface area (Å²) in [5.74, 6) is 0.587. The van der Waals surface area contributed by atoms with Gasteiger partial charge in [-0.25, -0.2) is 0 Å². The van der Waals surface area contributed by atoms with E-state index in [4.69, 9.17) is 4.74 Å². The minimum atomic E-state index is -0.129. The lowest BCUT2D eigenvalue weighted by molar-refractivity contribution is -0.146. The number of methoxy groups -OCH3 is 1. The van der Waals surface area contributed by atoms with Gasteiger partial charge < -0.3 is 10.1 Å². The molecule has 1 rings (SSSR count). The van der Waals surface area contributed by atoms with Crippen molar-refractivity contribution in [2.45, 2.75) is 32.7 Å². The molecule has 0 aliphatic carbocycles. The average Bonchev–Trinajstić information content (AvgIpc) is 2.35. The molecule has 0 saturated carbocycles. The van der Waals surface area contributed by atoms with Crippen molar-refractivity contribution in [3.63, 3.8) is 0 Å². The molecule has 1 N–H and O–H groups in total. The fraction of sp³-hybridized carbons (Fsp3) is 0.917. The van der Waals surface area contributed by atoms with E-state index in [2.05, 4.69) is 17.1 Å². The Kier molecular flexibility index (Phi) is 5.77. The van der Waals surface area contributed by atoms with Gasteiger partial charge in [0.2, 0.25) is 0 Å². The van der Waals surface area contributed by atoms with Gasteiger partial charge in [-0.05, 0) is 45.3 Å². The van der Waals surface area contributed by atoms with Gasteiger partial charge in [0.1, 0.15) is 6.04 Å². The molecule has 4 heteroatoms. The molecule has 4 nitrogen and oxygen atoms in total. The molecule has 1 heterocycles. The lowest BCUT2D eigenvalue weighted by Crippen LogP contribution is -2.44. The van der Waals surface area contributed by atoms with E-state index in [1.165, 1.54) is 20.0 Å². The molecule has 0 spiro atoms. The highest BCUT2D eigenvalue weighted by Gasteiger charge is 2.24. The standard InChI is InChI=1S/C12H24N2O2/c1-4-14(10(2)12(15)16-3)9-11-5-7-13-8-6-11/h10-11,13H,4-9H2,1-3H3. The number of esters is 1. The number of rotatable bonds is 5. The topological polar surface area (TPSA) is 41.6 Å². The van der Waals surface area contributed by atoms with Crippen LogP contribution in [0.1, 0.15) is 26.7 Å². The van der Waals surface area contributed by atoms with Gasteiger partial charge in [0.05, 0.1) is 7.11 Å². The zero-order valence-electron chi connectivity index (χ0n) is 10.7. The molecular formula is C12H24N2O2. The van der Waals surface area contributed by atoms with Crippen LogP contribution in [0.4, 0.5) is 0 Å². The van der Waals surface area contributed by atoms with Gasteiger partial charge in [-0.3, -0.25) is 9.69 Å². The van der Waals surface area contributed by atoms with Crippen LogP contribution in [0, 0.1) is 5.92 Å². The minimum Gasteiger partial charge on any atom is -0.468 e. The smallest absolute Gasteiger partial charge is 0.322 e. The van der Waals surface area contributed by atoms with Crippen LogP contribution >= 0.6 is 0 Å². The molecule has 0 bridgehead atoms. The van der Waals surface area contributed by atoms with Crippen LogP contribution in [0.15, 0.2) is 0 Å². The van der Waals surface area contributed by atoms with Gasteiger partial charge in [0.15, 0.2) is 0 Å². The minimum absolute atomic E-state index is 0.120. The number of carbonyl (C=O) groups excluding carboxylic acids is 1. The SMILES string of the molecule is CCN(CC1CCNCC1)C(C)C(=O)OC. The molecule has 0 aromatic carbocycles. The van der Waals surface area contributed by atoms with Crippen molar-refractivity contribution in [1.82, 2.24) is 10.2 Å². The summed E-state index contributed by atoms with van der Waals surface area (Å²) in [7, 11) is 1.46. The molecule has 0 aromatic heterocycles. The highest BCUT2D eigenvalue weighted by atomic mass is 16.5. The van der Waals surface area contributed by atoms with Gasteiger partial charge in [-0.1, -0.05) is 6.92 Å². The Morgan fingerprint density at radius 3 is 2.62 bits per heavy atom. The van der Waals surface area contributed by atoms with Crippen LogP contribution in [0.25, 0.3) is 0 Å². The zero-order valence-corrected chi connectivity index (χ0v) is 10.7. The molecule has 16 heavy (non-hydrogen) atoms. The summed E-state index contributed by atoms with van der Waals surface area (Å²) >= 11 is 0. The van der Waals surface area contributed by atoms with E-state index >= 15 is 0 Å². The van der Waals surface area contributed by atoms with E-state index in [0.29, 0.717) is 5.92 Å². The van der Waals surface area contributed by atoms with Crippen molar-refractivity contribution in [2.24, 2.45) is 5.92 Å². The highest BCUT2D eigenvalue weighted by molar-refractivity contribution is 5.75. The summed E-state index contributed by atoms with van der Waals surface area (Å²) in [6, 6.07) is -0.120. The second kappa shape index (κ2) is 6.86. The van der Waals surface area contributed by atoms with Gasteiger partial charge in [-0.15, -0.1) is 0 Å². The van der Waals surface area contributed by atoms with E-state index in [9.17, 15) is 4.79 Å². The molecular weight excluding hydrogens is 204 g/mol. The Morgan fingerprint density at radius 2 is 2.12 bits per heavy atom. The van der Waals surface area contributed by atoms with Crippen LogP contribution in [0.2, 0.25) is 0 Å². The van der Waals surface area contributed by atoms with E-state index in [1.807, 2.05) is 6.92 Å². The number of nitrogens with one attached hydrogen (secondary N) is 1. The normalized spacial score (nSPS) is 19.8. The Hall–Kier alpha value is -0.610. The van der Waals surface area contributed by atoms with E-state index in [0.717, 1.165) is 26.2 Å². The average molecular weight is 228 g/mol. The number of piperidine rings is 1. The predicted molar refractivity (Wildman–Crippen MR) is 64.3 cm³/mol. The number of likely N-dealkylation sites (N-methyl/N-ethyl adjacent to an activating group) is 1. The van der Waals surface area contributed by atoms with Crippen molar-refractivity contribution >= 4 is 5.97 Å². The number of ether oxygens (including phenoxy) is 1. The number of nitrogens with zero attached hydrogens (tertiary/aromatic N) is 1. The quantitative estimate of drug-likeness (QED) is 0.709. The molecule has 0 radical (unpaired) electrons. The van der Waals surface area contributed by atoms with E-state index in [1.54, 1.807) is 0 Å². The summed E-state index contributed by atoms with van der Waals surface area (Å²) in [6.45, 7) is 8.15. The maximum absolute atomic E-state index is 11.5. The van der Waals surface area contributed by atoms with Gasteiger partial charge in [0, 0.05) is 6.54 Å². The Labute approximate surface area is 98.3 Å². The largest absolute Gasteiger partial charge is 0.468 e. The molecule has 1 aliphatic heterocycles. The van der Waals surface area contributed by atoms with Gasteiger partial charge in [-0.2, -0.15) is 0 Å². The van der Waals surface area contributed by atoms with Crippen molar-refractivity contribution < 1.29 is 9.53 Å². The molecule has 1 aliphatic rings. The van der Waals surface area contributed by atoms with Crippen LogP contribution in [-0.2, 0) is 9.53 Å². The van der Waals surface area contributed by atoms with Crippen LogP contribution in [0.5, 0.6) is 0 Å². The molecule has 1 unspecified atom stereocenters. The first-order chi connectivity index (χ1) is 7.69. The predicted octanol–water partition coefficient (Wildman–Crippen LogP) is 0.869. The number of hydrogen-bond donors (Lipinski definition) is 1. The monoisotopic (exact) mass is 228 g/mol. The number of hydrogen-bond acceptors (Lipinski definition) is 4. The second-order valence-electron chi connectivity index (χ2n) is 4.48. The van der Waals surface area contributed by atoms with Gasteiger partial charge >= 0.3 is 5.97 Å². The van der Waals surface area contributed by atoms with Crippen LogP contribution < -0.4 is 5.32 Å². The summed E-state index contributed by atoms with van der Waals surface area (Å²) in [6.07, 6.45) is 2.43. The van der Waals surface area contributed by atoms with E-state index < -0.39 is 0 Å². The molecule has 1 atom stereocenters. The summed E-state index contributed by atoms with van der Waals surface area (Å²) in [5.41, 5.74) is 0. The maximum atomic E-state index is 11.5. The van der Waals surface area contributed by atoms with Gasteiger partial charge in [0.25, 0.3) is 0 Å². The zero-order chi connectivity index (χ0) is 12.0. The summed E-state index contributed by atoms with van der Waals surface area (Å²) < 4.78 is 4.79. The lowest BCUT2D eigenvalue weighted by atomic mass is 9.97. The molecule has 1 fully saturated rings. The van der Waals surface area contributed by atoms with Crippen molar-refractivity contribution in [3.8, 4) is 0 Å². The first kappa shape index (κ1) is 13.5. The van der Waals surface area contributed by atoms with Crippen molar-refractivity contribution in [1.29, 1.82) is 0 Å². The van der Waals surface area contributed by atoms with Crippen molar-refractivity contribution in [3.05, 3.63) is 0 Å². The third kappa shape index (κ3) is 3.76. The molecule has 94 valence electrons. The summed E-state index contributed by atoms with van der Waals surface area (Å²) in [4.78, 5) is 13.7.